The normalized spacial score (nSPS) is 13.7. The van der Waals surface area contributed by atoms with Gasteiger partial charge in [0.2, 0.25) is 10.0 Å². The fourth-order valence-corrected chi connectivity index (χ4v) is 4.36. The summed E-state index contributed by atoms with van der Waals surface area (Å²) < 4.78 is 27.3. The lowest BCUT2D eigenvalue weighted by atomic mass is 10.1. The van der Waals surface area contributed by atoms with Crippen LogP contribution in [0.1, 0.15) is 34.3 Å². The van der Waals surface area contributed by atoms with Crippen molar-refractivity contribution in [2.45, 2.75) is 36.9 Å². The Morgan fingerprint density at radius 1 is 0.833 bits per heavy atom. The second-order valence-corrected chi connectivity index (χ2v) is 9.25. The van der Waals surface area contributed by atoms with Crippen molar-refractivity contribution < 1.29 is 13.2 Å². The third kappa shape index (κ3) is 4.96. The minimum Gasteiger partial charge on any atom is -0.331 e. The third-order valence-corrected chi connectivity index (χ3v) is 6.58. The van der Waals surface area contributed by atoms with Gasteiger partial charge in [0, 0.05) is 24.7 Å². The van der Waals surface area contributed by atoms with Gasteiger partial charge in [-0.25, -0.2) is 13.1 Å². The van der Waals surface area contributed by atoms with Crippen LogP contribution in [0.5, 0.6) is 0 Å². The van der Waals surface area contributed by atoms with E-state index in [0.717, 1.165) is 24.0 Å². The van der Waals surface area contributed by atoms with Crippen molar-refractivity contribution in [1.29, 1.82) is 0 Å². The first-order chi connectivity index (χ1) is 14.5. The molecule has 4 rings (SSSR count). The van der Waals surface area contributed by atoms with Crippen LogP contribution in [-0.4, -0.2) is 25.3 Å². The van der Waals surface area contributed by atoms with Gasteiger partial charge in [0.25, 0.3) is 5.91 Å². The van der Waals surface area contributed by atoms with Crippen LogP contribution in [0.15, 0.2) is 89.8 Å². The standard InChI is InChI=1S/C24H24N2O3S/c27-24(26(22-15-16-22)18-20-7-3-1-4-8-20)21-13-11-19(12-14-21)17-25-30(28,29)23-9-5-2-6-10-23/h1-14,22,25H,15-18H2. The van der Waals surface area contributed by atoms with Gasteiger partial charge in [0.15, 0.2) is 0 Å². The summed E-state index contributed by atoms with van der Waals surface area (Å²) in [5.41, 5.74) is 2.53. The number of nitrogens with zero attached hydrogens (tertiary/aromatic N) is 1. The Labute approximate surface area is 177 Å². The fraction of sp³-hybridized carbons (Fsp3) is 0.208. The Hall–Kier alpha value is -2.96. The van der Waals surface area contributed by atoms with Crippen LogP contribution in [0, 0.1) is 0 Å². The summed E-state index contributed by atoms with van der Waals surface area (Å²) in [6.45, 7) is 0.769. The molecule has 154 valence electrons. The van der Waals surface area contributed by atoms with E-state index in [9.17, 15) is 13.2 Å². The van der Waals surface area contributed by atoms with Gasteiger partial charge in [-0.15, -0.1) is 0 Å². The fourth-order valence-electron chi connectivity index (χ4n) is 3.33. The lowest BCUT2D eigenvalue weighted by molar-refractivity contribution is 0.0730. The SMILES string of the molecule is O=C(c1ccc(CNS(=O)(=O)c2ccccc2)cc1)N(Cc1ccccc1)C1CC1. The maximum absolute atomic E-state index is 13.1. The molecule has 0 aromatic heterocycles. The van der Waals surface area contributed by atoms with Crippen LogP contribution >= 0.6 is 0 Å². The average Bonchev–Trinajstić information content (AvgIpc) is 3.63. The number of sulfonamides is 1. The molecular weight excluding hydrogens is 396 g/mol. The average molecular weight is 421 g/mol. The molecule has 1 amide bonds. The van der Waals surface area contributed by atoms with Crippen LogP contribution in [0.4, 0.5) is 0 Å². The first-order valence-electron chi connectivity index (χ1n) is 10.0. The first kappa shape index (κ1) is 20.3. The van der Waals surface area contributed by atoms with Gasteiger partial charge in [-0.3, -0.25) is 4.79 Å². The molecule has 0 heterocycles. The maximum atomic E-state index is 13.1. The summed E-state index contributed by atoms with van der Waals surface area (Å²) in [6, 6.07) is 25.7. The van der Waals surface area contributed by atoms with Crippen molar-refractivity contribution in [2.24, 2.45) is 0 Å². The molecule has 6 heteroatoms. The van der Waals surface area contributed by atoms with Gasteiger partial charge in [0.05, 0.1) is 4.90 Å². The van der Waals surface area contributed by atoms with E-state index in [1.165, 1.54) is 0 Å². The maximum Gasteiger partial charge on any atom is 0.254 e. The van der Waals surface area contributed by atoms with Gasteiger partial charge in [0.1, 0.15) is 0 Å². The van der Waals surface area contributed by atoms with E-state index in [1.807, 2.05) is 35.2 Å². The lowest BCUT2D eigenvalue weighted by Crippen LogP contribution is -2.32. The van der Waals surface area contributed by atoms with Gasteiger partial charge in [-0.05, 0) is 48.2 Å². The van der Waals surface area contributed by atoms with E-state index >= 15 is 0 Å². The molecule has 0 atom stereocenters. The van der Waals surface area contributed by atoms with Gasteiger partial charge in [-0.2, -0.15) is 0 Å². The molecule has 3 aromatic carbocycles. The van der Waals surface area contributed by atoms with Crippen LogP contribution in [0.2, 0.25) is 0 Å². The van der Waals surface area contributed by atoms with Crippen LogP contribution in [-0.2, 0) is 23.1 Å². The van der Waals surface area contributed by atoms with E-state index in [4.69, 9.17) is 0 Å². The number of benzene rings is 3. The number of amides is 1. The first-order valence-corrected chi connectivity index (χ1v) is 11.5. The largest absolute Gasteiger partial charge is 0.331 e. The van der Waals surface area contributed by atoms with Crippen LogP contribution in [0.25, 0.3) is 0 Å². The lowest BCUT2D eigenvalue weighted by Gasteiger charge is -2.23. The summed E-state index contributed by atoms with van der Waals surface area (Å²) in [6.07, 6.45) is 2.08. The van der Waals surface area contributed by atoms with E-state index in [0.29, 0.717) is 18.2 Å². The number of hydrogen-bond donors (Lipinski definition) is 1. The van der Waals surface area contributed by atoms with Crippen LogP contribution in [0.3, 0.4) is 0 Å². The smallest absolute Gasteiger partial charge is 0.254 e. The topological polar surface area (TPSA) is 66.5 Å². The highest BCUT2D eigenvalue weighted by Gasteiger charge is 2.33. The predicted octanol–water partition coefficient (Wildman–Crippen LogP) is 3.97. The number of carbonyl (C=O) groups is 1. The molecule has 0 unspecified atom stereocenters. The molecule has 1 N–H and O–H groups in total. The molecule has 0 spiro atoms. The Bertz CT molecular complexity index is 1090. The number of nitrogens with one attached hydrogen (secondary N) is 1. The Morgan fingerprint density at radius 2 is 1.43 bits per heavy atom. The van der Waals surface area contributed by atoms with Crippen LogP contribution < -0.4 is 4.72 Å². The predicted molar refractivity (Wildman–Crippen MR) is 116 cm³/mol. The quantitative estimate of drug-likeness (QED) is 0.600. The summed E-state index contributed by atoms with van der Waals surface area (Å²) in [5, 5.41) is 0. The Morgan fingerprint density at radius 3 is 2.03 bits per heavy atom. The number of hydrogen-bond acceptors (Lipinski definition) is 3. The third-order valence-electron chi connectivity index (χ3n) is 5.16. The molecular formula is C24H24N2O3S. The highest BCUT2D eigenvalue weighted by atomic mass is 32.2. The zero-order chi connectivity index (χ0) is 21.0. The molecule has 0 saturated heterocycles. The van der Waals surface area contributed by atoms with Gasteiger partial charge < -0.3 is 4.90 Å². The molecule has 0 aliphatic heterocycles. The summed E-state index contributed by atoms with van der Waals surface area (Å²) >= 11 is 0. The van der Waals surface area contributed by atoms with Crippen molar-refractivity contribution in [1.82, 2.24) is 9.62 Å². The minimum atomic E-state index is -3.56. The summed E-state index contributed by atoms with van der Waals surface area (Å²) in [5.74, 6) is 0.0118. The Kier molecular flexibility index (Phi) is 5.97. The van der Waals surface area contributed by atoms with Gasteiger partial charge >= 0.3 is 0 Å². The van der Waals surface area contributed by atoms with Crippen molar-refractivity contribution in [2.75, 3.05) is 0 Å². The molecule has 3 aromatic rings. The molecule has 1 saturated carbocycles. The molecule has 1 fully saturated rings. The van der Waals surface area contributed by atoms with Crippen molar-refractivity contribution >= 4 is 15.9 Å². The zero-order valence-corrected chi connectivity index (χ0v) is 17.4. The van der Waals surface area contributed by atoms with Gasteiger partial charge in [-0.1, -0.05) is 60.7 Å². The highest BCUT2D eigenvalue weighted by Crippen LogP contribution is 2.30. The number of rotatable bonds is 8. The van der Waals surface area contributed by atoms with E-state index < -0.39 is 10.0 Å². The second-order valence-electron chi connectivity index (χ2n) is 7.48. The molecule has 30 heavy (non-hydrogen) atoms. The van der Waals surface area contributed by atoms with Crippen molar-refractivity contribution in [3.05, 3.63) is 102 Å². The van der Waals surface area contributed by atoms with Crippen molar-refractivity contribution in [3.63, 3.8) is 0 Å². The van der Waals surface area contributed by atoms with E-state index in [1.54, 1.807) is 54.6 Å². The molecule has 1 aliphatic rings. The highest BCUT2D eigenvalue weighted by molar-refractivity contribution is 7.89. The summed E-state index contributed by atoms with van der Waals surface area (Å²) in [7, 11) is -3.56. The zero-order valence-electron chi connectivity index (χ0n) is 16.6. The van der Waals surface area contributed by atoms with E-state index in [2.05, 4.69) is 4.72 Å². The molecule has 5 nitrogen and oxygen atoms in total. The van der Waals surface area contributed by atoms with Crippen molar-refractivity contribution in [3.8, 4) is 0 Å². The summed E-state index contributed by atoms with van der Waals surface area (Å²) in [4.78, 5) is 15.2. The minimum absolute atomic E-state index is 0.0118. The molecule has 0 radical (unpaired) electrons. The molecule has 0 bridgehead atoms. The number of carbonyl (C=O) groups excluding carboxylic acids is 1. The van der Waals surface area contributed by atoms with E-state index in [-0.39, 0.29) is 17.3 Å². The molecule has 1 aliphatic carbocycles. The second kappa shape index (κ2) is 8.81. The Balaban J connectivity index is 1.41. The monoisotopic (exact) mass is 420 g/mol.